The minimum Gasteiger partial charge on any atom is -0.396 e. The average molecular weight is 286 g/mol. The molecule has 1 aromatic carbocycles. The van der Waals surface area contributed by atoms with E-state index in [4.69, 9.17) is 5.11 Å². The van der Waals surface area contributed by atoms with E-state index in [0.717, 1.165) is 42.4 Å². The number of aromatic nitrogens is 1. The number of benzene rings is 1. The summed E-state index contributed by atoms with van der Waals surface area (Å²) in [7, 11) is 0. The van der Waals surface area contributed by atoms with Gasteiger partial charge in [-0.2, -0.15) is 0 Å². The summed E-state index contributed by atoms with van der Waals surface area (Å²) < 4.78 is 0. The van der Waals surface area contributed by atoms with Crippen LogP contribution in [0.1, 0.15) is 24.0 Å². The second-order valence-electron chi connectivity index (χ2n) is 6.05. The van der Waals surface area contributed by atoms with Crippen LogP contribution in [0, 0.1) is 12.8 Å². The predicted octanol–water partition coefficient (Wildman–Crippen LogP) is 2.25. The summed E-state index contributed by atoms with van der Waals surface area (Å²) in [4.78, 5) is 17.6. The highest BCUT2D eigenvalue weighted by atomic mass is 16.3. The number of fused-ring (bicyclic) bond motifs is 1. The summed E-state index contributed by atoms with van der Waals surface area (Å²) in [6.07, 6.45) is 4.22. The Kier molecular flexibility index (Phi) is 3.97. The molecule has 2 aromatic rings. The number of aliphatic hydroxyl groups excluding tert-OH is 1. The van der Waals surface area contributed by atoms with Crippen molar-refractivity contribution >= 4 is 16.8 Å². The summed E-state index contributed by atoms with van der Waals surface area (Å²) in [6.45, 7) is 3.84. The number of hydrogen-bond donors (Lipinski definition) is 2. The minimum atomic E-state index is 0.188. The topological polar surface area (TPSA) is 56.3 Å². The number of aromatic amines is 1. The maximum absolute atomic E-state index is 12.4. The number of piperidine rings is 1. The van der Waals surface area contributed by atoms with Crippen LogP contribution >= 0.6 is 0 Å². The fourth-order valence-electron chi connectivity index (χ4n) is 3.09. The Hall–Kier alpha value is -1.81. The molecule has 2 heterocycles. The van der Waals surface area contributed by atoms with Gasteiger partial charge in [0.1, 0.15) is 0 Å². The van der Waals surface area contributed by atoms with E-state index in [2.05, 4.69) is 30.1 Å². The van der Waals surface area contributed by atoms with Crippen molar-refractivity contribution in [3.05, 3.63) is 35.5 Å². The van der Waals surface area contributed by atoms with Gasteiger partial charge in [0.15, 0.2) is 0 Å². The van der Waals surface area contributed by atoms with E-state index in [1.165, 1.54) is 5.56 Å². The number of nitrogens with one attached hydrogen (secondary N) is 1. The van der Waals surface area contributed by atoms with Crippen LogP contribution in [-0.2, 0) is 11.2 Å². The molecule has 1 aromatic heterocycles. The van der Waals surface area contributed by atoms with Gasteiger partial charge in [-0.1, -0.05) is 12.1 Å². The van der Waals surface area contributed by atoms with E-state index in [1.807, 2.05) is 11.1 Å². The van der Waals surface area contributed by atoms with E-state index in [0.29, 0.717) is 12.3 Å². The van der Waals surface area contributed by atoms with Crippen LogP contribution in [0.15, 0.2) is 24.4 Å². The quantitative estimate of drug-likeness (QED) is 0.909. The van der Waals surface area contributed by atoms with Gasteiger partial charge in [0.2, 0.25) is 5.91 Å². The lowest BCUT2D eigenvalue weighted by Crippen LogP contribution is -2.39. The minimum absolute atomic E-state index is 0.188. The number of hydrogen-bond acceptors (Lipinski definition) is 2. The van der Waals surface area contributed by atoms with Gasteiger partial charge < -0.3 is 15.0 Å². The molecule has 21 heavy (non-hydrogen) atoms. The van der Waals surface area contributed by atoms with Crippen molar-refractivity contribution < 1.29 is 9.90 Å². The largest absolute Gasteiger partial charge is 0.396 e. The number of aryl methyl sites for hydroxylation is 1. The molecule has 1 aliphatic rings. The third kappa shape index (κ3) is 2.95. The zero-order valence-electron chi connectivity index (χ0n) is 12.4. The molecule has 0 radical (unpaired) electrons. The van der Waals surface area contributed by atoms with E-state index in [1.54, 1.807) is 0 Å². The van der Waals surface area contributed by atoms with Crippen LogP contribution in [0.2, 0.25) is 0 Å². The molecule has 0 aliphatic carbocycles. The number of H-pyrrole nitrogens is 1. The standard InChI is InChI=1S/C17H22N2O2/c1-12-2-3-15-14(10-18-16(15)8-12)9-17(21)19-6-4-13(11-20)5-7-19/h2-3,8,10,13,18,20H,4-7,9,11H2,1H3. The Labute approximate surface area is 124 Å². The molecule has 112 valence electrons. The van der Waals surface area contributed by atoms with Crippen molar-refractivity contribution in [2.24, 2.45) is 5.92 Å². The molecule has 0 atom stereocenters. The molecule has 0 bridgehead atoms. The highest BCUT2D eigenvalue weighted by Gasteiger charge is 2.22. The fraction of sp³-hybridized carbons (Fsp3) is 0.471. The van der Waals surface area contributed by atoms with Gasteiger partial charge in [-0.05, 0) is 42.9 Å². The first-order chi connectivity index (χ1) is 10.2. The second kappa shape index (κ2) is 5.90. The molecule has 1 saturated heterocycles. The van der Waals surface area contributed by atoms with E-state index < -0.39 is 0 Å². The van der Waals surface area contributed by atoms with Crippen LogP contribution in [0.25, 0.3) is 10.9 Å². The molecular formula is C17H22N2O2. The van der Waals surface area contributed by atoms with E-state index >= 15 is 0 Å². The maximum atomic E-state index is 12.4. The number of nitrogens with zero attached hydrogens (tertiary/aromatic N) is 1. The fourth-order valence-corrected chi connectivity index (χ4v) is 3.09. The Morgan fingerprint density at radius 3 is 2.86 bits per heavy atom. The van der Waals surface area contributed by atoms with Gasteiger partial charge in [-0.15, -0.1) is 0 Å². The smallest absolute Gasteiger partial charge is 0.227 e. The summed E-state index contributed by atoms with van der Waals surface area (Å²) in [5.41, 5.74) is 3.38. The van der Waals surface area contributed by atoms with E-state index in [-0.39, 0.29) is 12.5 Å². The molecule has 0 saturated carbocycles. The molecule has 1 amide bonds. The maximum Gasteiger partial charge on any atom is 0.227 e. The van der Waals surface area contributed by atoms with Gasteiger partial charge in [-0.3, -0.25) is 4.79 Å². The van der Waals surface area contributed by atoms with Crippen molar-refractivity contribution in [1.82, 2.24) is 9.88 Å². The highest BCUT2D eigenvalue weighted by Crippen LogP contribution is 2.22. The first-order valence-electron chi connectivity index (χ1n) is 7.62. The Balaban J connectivity index is 1.69. The zero-order valence-corrected chi connectivity index (χ0v) is 12.4. The number of amides is 1. The first kappa shape index (κ1) is 14.1. The van der Waals surface area contributed by atoms with E-state index in [9.17, 15) is 4.79 Å². The number of rotatable bonds is 3. The number of aliphatic hydroxyl groups is 1. The molecule has 4 nitrogen and oxygen atoms in total. The Morgan fingerprint density at radius 1 is 1.38 bits per heavy atom. The molecule has 0 unspecified atom stereocenters. The summed E-state index contributed by atoms with van der Waals surface area (Å²) >= 11 is 0. The molecular weight excluding hydrogens is 264 g/mol. The van der Waals surface area contributed by atoms with Crippen molar-refractivity contribution in [3.63, 3.8) is 0 Å². The van der Waals surface area contributed by atoms with Crippen molar-refractivity contribution in [1.29, 1.82) is 0 Å². The lowest BCUT2D eigenvalue weighted by atomic mass is 9.97. The van der Waals surface area contributed by atoms with Crippen LogP contribution in [0.5, 0.6) is 0 Å². The van der Waals surface area contributed by atoms with Gasteiger partial charge in [0.25, 0.3) is 0 Å². The SMILES string of the molecule is Cc1ccc2c(CC(=O)N3CCC(CO)CC3)c[nH]c2c1. The van der Waals surface area contributed by atoms with Crippen LogP contribution in [0.4, 0.5) is 0 Å². The van der Waals surface area contributed by atoms with Crippen molar-refractivity contribution in [2.75, 3.05) is 19.7 Å². The first-order valence-corrected chi connectivity index (χ1v) is 7.62. The van der Waals surface area contributed by atoms with Gasteiger partial charge in [0, 0.05) is 36.8 Å². The number of carbonyl (C=O) groups excluding carboxylic acids is 1. The Bertz CT molecular complexity index is 639. The zero-order chi connectivity index (χ0) is 14.8. The van der Waals surface area contributed by atoms with Gasteiger partial charge in [0.05, 0.1) is 6.42 Å². The third-order valence-electron chi connectivity index (χ3n) is 4.49. The molecule has 2 N–H and O–H groups in total. The normalized spacial score (nSPS) is 16.6. The van der Waals surface area contributed by atoms with Crippen LogP contribution in [0.3, 0.4) is 0 Å². The highest BCUT2D eigenvalue weighted by molar-refractivity contribution is 5.89. The summed E-state index contributed by atoms with van der Waals surface area (Å²) in [5, 5.41) is 10.3. The van der Waals surface area contributed by atoms with Crippen LogP contribution < -0.4 is 0 Å². The summed E-state index contributed by atoms with van der Waals surface area (Å²) in [6, 6.07) is 6.27. The molecule has 0 spiro atoms. The molecule has 4 heteroatoms. The van der Waals surface area contributed by atoms with Crippen molar-refractivity contribution in [2.45, 2.75) is 26.2 Å². The lowest BCUT2D eigenvalue weighted by Gasteiger charge is -2.31. The summed E-state index contributed by atoms with van der Waals surface area (Å²) in [5.74, 6) is 0.554. The molecule has 1 fully saturated rings. The number of likely N-dealkylation sites (tertiary alicyclic amines) is 1. The third-order valence-corrected chi connectivity index (χ3v) is 4.49. The average Bonchev–Trinajstić information content (AvgIpc) is 2.89. The van der Waals surface area contributed by atoms with Gasteiger partial charge in [-0.25, -0.2) is 0 Å². The molecule has 3 rings (SSSR count). The monoisotopic (exact) mass is 286 g/mol. The van der Waals surface area contributed by atoms with Crippen molar-refractivity contribution in [3.8, 4) is 0 Å². The number of carbonyl (C=O) groups is 1. The predicted molar refractivity (Wildman–Crippen MR) is 83.1 cm³/mol. The molecule has 1 aliphatic heterocycles. The lowest BCUT2D eigenvalue weighted by molar-refractivity contribution is -0.132. The van der Waals surface area contributed by atoms with Crippen LogP contribution in [-0.4, -0.2) is 40.6 Å². The van der Waals surface area contributed by atoms with Gasteiger partial charge >= 0.3 is 0 Å². The Morgan fingerprint density at radius 2 is 2.14 bits per heavy atom. The second-order valence-corrected chi connectivity index (χ2v) is 6.05.